The van der Waals surface area contributed by atoms with Gasteiger partial charge in [0.1, 0.15) is 17.2 Å². The molecule has 0 saturated carbocycles. The van der Waals surface area contributed by atoms with Gasteiger partial charge in [0, 0.05) is 13.1 Å². The molecule has 0 bridgehead atoms. The van der Waals surface area contributed by atoms with Gasteiger partial charge in [-0.25, -0.2) is 9.97 Å². The number of primary amides is 1. The lowest BCUT2D eigenvalue weighted by atomic mass is 10.2. The summed E-state index contributed by atoms with van der Waals surface area (Å²) < 4.78 is 5.34. The monoisotopic (exact) mass is 341 g/mol. The lowest BCUT2D eigenvalue weighted by molar-refractivity contribution is 0.0995. The quantitative estimate of drug-likeness (QED) is 0.857. The van der Waals surface area contributed by atoms with E-state index in [9.17, 15) is 9.59 Å². The van der Waals surface area contributed by atoms with Crippen LogP contribution in [0.5, 0.6) is 0 Å². The zero-order valence-electron chi connectivity index (χ0n) is 13.9. The van der Waals surface area contributed by atoms with Crippen LogP contribution in [0.15, 0.2) is 30.3 Å². The van der Waals surface area contributed by atoms with Crippen LogP contribution in [0.1, 0.15) is 26.7 Å². The van der Waals surface area contributed by atoms with Gasteiger partial charge in [-0.2, -0.15) is 0 Å². The molecule has 25 heavy (non-hydrogen) atoms. The summed E-state index contributed by atoms with van der Waals surface area (Å²) in [4.78, 5) is 34.2. The van der Waals surface area contributed by atoms with E-state index < -0.39 is 11.8 Å². The lowest BCUT2D eigenvalue weighted by Gasteiger charge is -2.28. The summed E-state index contributed by atoms with van der Waals surface area (Å²) in [6.45, 7) is 4.78. The van der Waals surface area contributed by atoms with E-state index in [0.29, 0.717) is 24.6 Å². The molecule has 1 fully saturated rings. The second kappa shape index (κ2) is 7.27. The third-order valence-electron chi connectivity index (χ3n) is 3.89. The molecule has 0 unspecified atom stereocenters. The number of carbonyl (C=O) groups excluding carboxylic acids is 2. The molecule has 0 aromatic carbocycles. The maximum Gasteiger partial charge on any atom is 0.274 e. The van der Waals surface area contributed by atoms with E-state index in [1.165, 1.54) is 12.1 Å². The molecule has 8 nitrogen and oxygen atoms in total. The minimum Gasteiger partial charge on any atom is -0.378 e. The molecule has 130 valence electrons. The molecule has 0 atom stereocenters. The fourth-order valence-corrected chi connectivity index (χ4v) is 2.53. The SMILES string of the molecule is Cc1nc(N2CCOCC2)ccc1NC(=O)c1cccc(C(N)=O)n1. The highest BCUT2D eigenvalue weighted by Crippen LogP contribution is 2.20. The fourth-order valence-electron chi connectivity index (χ4n) is 2.53. The smallest absolute Gasteiger partial charge is 0.274 e. The Bertz CT molecular complexity index is 803. The lowest BCUT2D eigenvalue weighted by Crippen LogP contribution is -2.36. The Kier molecular flexibility index (Phi) is 4.90. The van der Waals surface area contributed by atoms with E-state index in [0.717, 1.165) is 18.9 Å². The van der Waals surface area contributed by atoms with Crippen molar-refractivity contribution < 1.29 is 14.3 Å². The molecular weight excluding hydrogens is 322 g/mol. The largest absolute Gasteiger partial charge is 0.378 e. The van der Waals surface area contributed by atoms with Gasteiger partial charge in [-0.15, -0.1) is 0 Å². The van der Waals surface area contributed by atoms with Crippen LogP contribution < -0.4 is 16.0 Å². The van der Waals surface area contributed by atoms with Crippen molar-refractivity contribution in [2.75, 3.05) is 36.5 Å². The van der Waals surface area contributed by atoms with Gasteiger partial charge in [0.25, 0.3) is 11.8 Å². The molecule has 8 heteroatoms. The minimum atomic E-state index is -0.678. The molecule has 1 aliphatic heterocycles. The minimum absolute atomic E-state index is 0.0464. The van der Waals surface area contributed by atoms with Gasteiger partial charge in [-0.1, -0.05) is 6.07 Å². The number of carbonyl (C=O) groups is 2. The predicted octanol–water partition coefficient (Wildman–Crippen LogP) is 0.973. The number of aryl methyl sites for hydroxylation is 1. The van der Waals surface area contributed by atoms with Crippen LogP contribution in [0, 0.1) is 6.92 Å². The summed E-state index contributed by atoms with van der Waals surface area (Å²) in [7, 11) is 0. The van der Waals surface area contributed by atoms with Gasteiger partial charge in [-0.05, 0) is 31.2 Å². The van der Waals surface area contributed by atoms with Crippen LogP contribution in [0.2, 0.25) is 0 Å². The van der Waals surface area contributed by atoms with E-state index >= 15 is 0 Å². The van der Waals surface area contributed by atoms with E-state index in [1.54, 1.807) is 6.07 Å². The summed E-state index contributed by atoms with van der Waals surface area (Å²) in [5.41, 5.74) is 6.64. The number of anilines is 2. The summed E-state index contributed by atoms with van der Waals surface area (Å²) in [5, 5.41) is 2.76. The first-order chi connectivity index (χ1) is 12.0. The number of amides is 2. The first-order valence-corrected chi connectivity index (χ1v) is 7.93. The molecule has 2 aromatic rings. The van der Waals surface area contributed by atoms with Crippen molar-refractivity contribution in [2.24, 2.45) is 5.73 Å². The Morgan fingerprint density at radius 1 is 1.12 bits per heavy atom. The third kappa shape index (κ3) is 3.92. The summed E-state index contributed by atoms with van der Waals surface area (Å²) >= 11 is 0. The molecular formula is C17H19N5O3. The second-order valence-electron chi connectivity index (χ2n) is 5.63. The number of rotatable bonds is 4. The van der Waals surface area contributed by atoms with Gasteiger partial charge in [0.2, 0.25) is 0 Å². The van der Waals surface area contributed by atoms with Gasteiger partial charge in [0.05, 0.1) is 24.6 Å². The van der Waals surface area contributed by atoms with E-state index in [-0.39, 0.29) is 11.4 Å². The van der Waals surface area contributed by atoms with Gasteiger partial charge >= 0.3 is 0 Å². The van der Waals surface area contributed by atoms with Crippen molar-refractivity contribution in [1.29, 1.82) is 0 Å². The zero-order valence-corrected chi connectivity index (χ0v) is 13.9. The Balaban J connectivity index is 1.75. The summed E-state index contributed by atoms with van der Waals surface area (Å²) in [6.07, 6.45) is 0. The van der Waals surface area contributed by atoms with Crippen molar-refractivity contribution >= 4 is 23.3 Å². The first-order valence-electron chi connectivity index (χ1n) is 7.93. The molecule has 0 spiro atoms. The van der Waals surface area contributed by atoms with Crippen molar-refractivity contribution in [2.45, 2.75) is 6.92 Å². The first kappa shape index (κ1) is 16.8. The van der Waals surface area contributed by atoms with Crippen LogP contribution in [0.3, 0.4) is 0 Å². The summed E-state index contributed by atoms with van der Waals surface area (Å²) in [6, 6.07) is 8.22. The molecule has 2 aromatic heterocycles. The Labute approximate surface area is 145 Å². The van der Waals surface area contributed by atoms with Crippen LogP contribution in [0.25, 0.3) is 0 Å². The number of nitrogens with zero attached hydrogens (tertiary/aromatic N) is 3. The molecule has 3 heterocycles. The highest BCUT2D eigenvalue weighted by molar-refractivity contribution is 6.04. The van der Waals surface area contributed by atoms with E-state index in [4.69, 9.17) is 10.5 Å². The fraction of sp³-hybridized carbons (Fsp3) is 0.294. The van der Waals surface area contributed by atoms with Crippen molar-refractivity contribution in [3.63, 3.8) is 0 Å². The van der Waals surface area contributed by atoms with Crippen molar-refractivity contribution in [3.8, 4) is 0 Å². The third-order valence-corrected chi connectivity index (χ3v) is 3.89. The predicted molar refractivity (Wildman–Crippen MR) is 92.7 cm³/mol. The number of hydrogen-bond acceptors (Lipinski definition) is 6. The number of ether oxygens (including phenoxy) is 1. The number of aromatic nitrogens is 2. The molecule has 0 radical (unpaired) electrons. The van der Waals surface area contributed by atoms with Crippen LogP contribution in [0.4, 0.5) is 11.5 Å². The maximum absolute atomic E-state index is 12.3. The molecule has 3 N–H and O–H groups in total. The molecule has 0 aliphatic carbocycles. The average molecular weight is 341 g/mol. The maximum atomic E-state index is 12.3. The molecule has 1 aliphatic rings. The Morgan fingerprint density at radius 2 is 1.84 bits per heavy atom. The number of hydrogen-bond donors (Lipinski definition) is 2. The standard InChI is InChI=1S/C17H19N5O3/c1-11-12(5-6-15(19-11)22-7-9-25-10-8-22)21-17(24)14-4-2-3-13(20-14)16(18)23/h2-6H,7-10H2,1H3,(H2,18,23)(H,21,24). The molecule has 2 amide bonds. The van der Waals surface area contributed by atoms with Crippen molar-refractivity contribution in [3.05, 3.63) is 47.4 Å². The number of morpholine rings is 1. The molecule has 1 saturated heterocycles. The van der Waals surface area contributed by atoms with Gasteiger partial charge in [0.15, 0.2) is 0 Å². The highest BCUT2D eigenvalue weighted by Gasteiger charge is 2.15. The summed E-state index contributed by atoms with van der Waals surface area (Å²) in [5.74, 6) is -0.248. The van der Waals surface area contributed by atoms with Crippen LogP contribution >= 0.6 is 0 Å². The number of pyridine rings is 2. The van der Waals surface area contributed by atoms with Gasteiger partial charge < -0.3 is 20.7 Å². The normalized spacial score (nSPS) is 14.2. The Hall–Kier alpha value is -3.00. The van der Waals surface area contributed by atoms with Crippen molar-refractivity contribution in [1.82, 2.24) is 9.97 Å². The average Bonchev–Trinajstić information content (AvgIpc) is 2.64. The Morgan fingerprint density at radius 3 is 2.52 bits per heavy atom. The number of nitrogens with one attached hydrogen (secondary N) is 1. The van der Waals surface area contributed by atoms with E-state index in [2.05, 4.69) is 20.2 Å². The van der Waals surface area contributed by atoms with Crippen LogP contribution in [-0.2, 0) is 4.74 Å². The van der Waals surface area contributed by atoms with E-state index in [1.807, 2.05) is 19.1 Å². The van der Waals surface area contributed by atoms with Crippen LogP contribution in [-0.4, -0.2) is 48.1 Å². The zero-order chi connectivity index (χ0) is 17.8. The second-order valence-corrected chi connectivity index (χ2v) is 5.63. The highest BCUT2D eigenvalue weighted by atomic mass is 16.5. The number of nitrogens with two attached hydrogens (primary N) is 1. The van der Waals surface area contributed by atoms with Gasteiger partial charge in [-0.3, -0.25) is 9.59 Å². The molecule has 3 rings (SSSR count). The topological polar surface area (TPSA) is 110 Å².